The van der Waals surface area contributed by atoms with E-state index in [2.05, 4.69) is 4.74 Å². The molecule has 0 aromatic heterocycles. The maximum Gasteiger partial charge on any atom is 0.308 e. The van der Waals surface area contributed by atoms with E-state index in [0.29, 0.717) is 0 Å². The third-order valence-corrected chi connectivity index (χ3v) is 2.57. The highest BCUT2D eigenvalue weighted by Gasteiger charge is 2.24. The van der Waals surface area contributed by atoms with Gasteiger partial charge in [0, 0.05) is 6.92 Å². The van der Waals surface area contributed by atoms with Gasteiger partial charge in [0.15, 0.2) is 4.90 Å². The normalized spacial score (nSPS) is 10.9. The van der Waals surface area contributed by atoms with E-state index in [0.717, 1.165) is 25.1 Å². The molecule has 8 nitrogen and oxygen atoms in total. The van der Waals surface area contributed by atoms with Crippen molar-refractivity contribution in [1.82, 2.24) is 0 Å². The number of hydrogen-bond acceptors (Lipinski definition) is 6. The Kier molecular flexibility index (Phi) is 3.44. The lowest BCUT2D eigenvalue weighted by molar-refractivity contribution is -0.387. The smallest absolute Gasteiger partial charge is 0.308 e. The molecule has 0 saturated heterocycles. The van der Waals surface area contributed by atoms with Crippen LogP contribution in [-0.2, 0) is 14.9 Å². The number of carbonyl (C=O) groups is 1. The molecule has 0 amide bonds. The molecule has 0 aliphatic carbocycles. The zero-order valence-corrected chi connectivity index (χ0v) is 9.30. The van der Waals surface area contributed by atoms with Crippen LogP contribution in [0.1, 0.15) is 6.92 Å². The van der Waals surface area contributed by atoms with Gasteiger partial charge in [-0.2, -0.15) is 8.42 Å². The predicted octanol–water partition coefficient (Wildman–Crippen LogP) is 0.767. The van der Waals surface area contributed by atoms with Crippen molar-refractivity contribution in [2.24, 2.45) is 0 Å². The van der Waals surface area contributed by atoms with Crippen LogP contribution in [0.4, 0.5) is 5.69 Å². The van der Waals surface area contributed by atoms with E-state index in [1.54, 1.807) is 0 Å². The van der Waals surface area contributed by atoms with Gasteiger partial charge in [-0.1, -0.05) is 0 Å². The van der Waals surface area contributed by atoms with Crippen molar-refractivity contribution >= 4 is 21.8 Å². The second kappa shape index (κ2) is 4.47. The molecule has 1 rings (SSSR count). The molecule has 1 aromatic rings. The minimum atomic E-state index is -4.71. The van der Waals surface area contributed by atoms with Gasteiger partial charge in [0.05, 0.1) is 11.0 Å². The molecule has 0 heterocycles. The highest BCUT2D eigenvalue weighted by Crippen LogP contribution is 2.28. The molecule has 0 fully saturated rings. The van der Waals surface area contributed by atoms with E-state index in [-0.39, 0.29) is 5.75 Å². The number of rotatable bonds is 3. The lowest BCUT2D eigenvalue weighted by Gasteiger charge is -2.03. The summed E-state index contributed by atoms with van der Waals surface area (Å²) in [6.45, 7) is 1.09. The molecule has 0 aliphatic rings. The second-order valence-electron chi connectivity index (χ2n) is 2.96. The Labute approximate surface area is 95.7 Å². The molecule has 0 saturated carbocycles. The summed E-state index contributed by atoms with van der Waals surface area (Å²) >= 11 is 0. The molecule has 9 heteroatoms. The summed E-state index contributed by atoms with van der Waals surface area (Å²) in [4.78, 5) is 19.3. The first-order valence-electron chi connectivity index (χ1n) is 4.16. The third kappa shape index (κ3) is 3.23. The Bertz CT molecular complexity index is 578. The molecule has 0 unspecified atom stereocenters. The summed E-state index contributed by atoms with van der Waals surface area (Å²) in [5.74, 6) is -0.893. The monoisotopic (exact) mass is 261 g/mol. The summed E-state index contributed by atoms with van der Waals surface area (Å²) < 4.78 is 35.0. The van der Waals surface area contributed by atoms with Gasteiger partial charge >= 0.3 is 16.1 Å². The molecule has 0 aliphatic heterocycles. The predicted molar refractivity (Wildman–Crippen MR) is 54.2 cm³/mol. The van der Waals surface area contributed by atoms with Crippen LogP contribution in [0, 0.1) is 10.1 Å². The number of nitrogens with zero attached hydrogens (tertiary/aromatic N) is 1. The molecule has 0 bridgehead atoms. The molecule has 17 heavy (non-hydrogen) atoms. The number of nitro groups is 1. The van der Waals surface area contributed by atoms with E-state index in [1.165, 1.54) is 0 Å². The van der Waals surface area contributed by atoms with Crippen molar-refractivity contribution in [1.29, 1.82) is 0 Å². The number of hydrogen-bond donors (Lipinski definition) is 1. The standard InChI is InChI=1S/C8H7NO7S/c1-5(10)16-6-2-3-8(17(13,14)15)7(4-6)9(11)12/h2-4H,1H3,(H,13,14,15). The zero-order valence-electron chi connectivity index (χ0n) is 8.48. The number of benzene rings is 1. The third-order valence-electron chi connectivity index (χ3n) is 1.67. The van der Waals surface area contributed by atoms with Crippen LogP contribution in [0.25, 0.3) is 0 Å². The number of carbonyl (C=O) groups excluding carboxylic acids is 1. The Balaban J connectivity index is 3.37. The SMILES string of the molecule is CC(=O)Oc1ccc(S(=O)(=O)O)c([N+](=O)[O-])c1. The number of nitro benzene ring substituents is 1. The van der Waals surface area contributed by atoms with E-state index in [9.17, 15) is 23.3 Å². The van der Waals surface area contributed by atoms with Gasteiger partial charge in [-0.25, -0.2) is 0 Å². The van der Waals surface area contributed by atoms with Crippen molar-refractivity contribution < 1.29 is 27.4 Å². The summed E-state index contributed by atoms with van der Waals surface area (Å²) in [5.41, 5.74) is -0.869. The fourth-order valence-electron chi connectivity index (χ4n) is 1.09. The summed E-state index contributed by atoms with van der Waals surface area (Å²) in [5, 5.41) is 10.6. The fraction of sp³-hybridized carbons (Fsp3) is 0.125. The van der Waals surface area contributed by atoms with Gasteiger partial charge in [0.25, 0.3) is 5.69 Å². The second-order valence-corrected chi connectivity index (χ2v) is 4.35. The number of ether oxygens (including phenoxy) is 1. The lowest BCUT2D eigenvalue weighted by Crippen LogP contribution is -2.06. The maximum absolute atomic E-state index is 10.8. The van der Waals surface area contributed by atoms with Crippen LogP contribution in [0.2, 0.25) is 0 Å². The Morgan fingerprint density at radius 3 is 2.47 bits per heavy atom. The first-order chi connectivity index (χ1) is 7.71. The minimum Gasteiger partial charge on any atom is -0.426 e. The van der Waals surface area contributed by atoms with Gasteiger partial charge in [0.2, 0.25) is 0 Å². The van der Waals surface area contributed by atoms with Crippen molar-refractivity contribution in [2.45, 2.75) is 11.8 Å². The van der Waals surface area contributed by atoms with Gasteiger partial charge in [-0.3, -0.25) is 19.5 Å². The quantitative estimate of drug-likeness (QED) is 0.280. The van der Waals surface area contributed by atoms with Crippen LogP contribution in [-0.4, -0.2) is 23.9 Å². The molecular formula is C8H7NO7S. The van der Waals surface area contributed by atoms with Crippen LogP contribution in [0.3, 0.4) is 0 Å². The summed E-state index contributed by atoms with van der Waals surface area (Å²) in [7, 11) is -4.71. The van der Waals surface area contributed by atoms with E-state index in [1.807, 2.05) is 0 Å². The molecule has 1 aromatic carbocycles. The first-order valence-corrected chi connectivity index (χ1v) is 5.60. The Hall–Kier alpha value is -2.00. The molecule has 0 radical (unpaired) electrons. The largest absolute Gasteiger partial charge is 0.426 e. The van der Waals surface area contributed by atoms with E-state index >= 15 is 0 Å². The molecule has 0 atom stereocenters. The summed E-state index contributed by atoms with van der Waals surface area (Å²) in [6.07, 6.45) is 0. The molecule has 0 spiro atoms. The number of esters is 1. The molecule has 92 valence electrons. The van der Waals surface area contributed by atoms with Crippen LogP contribution in [0.15, 0.2) is 23.1 Å². The average Bonchev–Trinajstić information content (AvgIpc) is 2.14. The average molecular weight is 261 g/mol. The van der Waals surface area contributed by atoms with Crippen LogP contribution < -0.4 is 4.74 Å². The zero-order chi connectivity index (χ0) is 13.2. The fourth-order valence-corrected chi connectivity index (χ4v) is 1.73. The van der Waals surface area contributed by atoms with Crippen molar-refractivity contribution in [2.75, 3.05) is 0 Å². The highest BCUT2D eigenvalue weighted by atomic mass is 32.2. The van der Waals surface area contributed by atoms with Gasteiger partial charge in [-0.15, -0.1) is 0 Å². The maximum atomic E-state index is 10.8. The van der Waals surface area contributed by atoms with Crippen molar-refractivity contribution in [3.05, 3.63) is 28.3 Å². The van der Waals surface area contributed by atoms with E-state index in [4.69, 9.17) is 4.55 Å². The highest BCUT2D eigenvalue weighted by molar-refractivity contribution is 7.86. The molecule has 1 N–H and O–H groups in total. The minimum absolute atomic E-state index is 0.184. The topological polar surface area (TPSA) is 124 Å². The Morgan fingerprint density at radius 1 is 1.47 bits per heavy atom. The van der Waals surface area contributed by atoms with Gasteiger partial charge in [-0.05, 0) is 12.1 Å². The first kappa shape index (κ1) is 13.1. The van der Waals surface area contributed by atoms with Crippen molar-refractivity contribution in [3.8, 4) is 5.75 Å². The molecular weight excluding hydrogens is 254 g/mol. The lowest BCUT2D eigenvalue weighted by atomic mass is 10.3. The van der Waals surface area contributed by atoms with Gasteiger partial charge < -0.3 is 4.74 Å². The van der Waals surface area contributed by atoms with Gasteiger partial charge in [0.1, 0.15) is 5.75 Å². The van der Waals surface area contributed by atoms with Crippen molar-refractivity contribution in [3.63, 3.8) is 0 Å². The van der Waals surface area contributed by atoms with Crippen LogP contribution in [0.5, 0.6) is 5.75 Å². The Morgan fingerprint density at radius 2 is 2.06 bits per heavy atom. The van der Waals surface area contributed by atoms with E-state index < -0.39 is 31.6 Å². The van der Waals surface area contributed by atoms with Crippen LogP contribution >= 0.6 is 0 Å². The summed E-state index contributed by atoms with van der Waals surface area (Å²) in [6, 6.07) is 2.55.